The fourth-order valence-corrected chi connectivity index (χ4v) is 4.73. The van der Waals surface area contributed by atoms with Crippen LogP contribution in [0.3, 0.4) is 0 Å². The summed E-state index contributed by atoms with van der Waals surface area (Å²) in [5.74, 6) is 1.85. The van der Waals surface area contributed by atoms with Gasteiger partial charge in [-0.1, -0.05) is 61.8 Å². The summed E-state index contributed by atoms with van der Waals surface area (Å²) in [6, 6.07) is 26.9. The second-order valence-corrected chi connectivity index (χ2v) is 8.82. The van der Waals surface area contributed by atoms with Crippen LogP contribution < -0.4 is 4.74 Å². The Morgan fingerprint density at radius 1 is 0.667 bits per heavy atom. The van der Waals surface area contributed by atoms with Crippen molar-refractivity contribution in [1.29, 1.82) is 0 Å². The van der Waals surface area contributed by atoms with Gasteiger partial charge in [-0.3, -0.25) is 0 Å². The minimum atomic E-state index is -0.104. The van der Waals surface area contributed by atoms with E-state index in [2.05, 4.69) is 56.3 Å². The molecule has 2 heterocycles. The highest BCUT2D eigenvalue weighted by molar-refractivity contribution is 6.31. The zero-order valence-electron chi connectivity index (χ0n) is 16.7. The van der Waals surface area contributed by atoms with Gasteiger partial charge in [0.15, 0.2) is 0 Å². The van der Waals surface area contributed by atoms with Crippen LogP contribution in [0.4, 0.5) is 0 Å². The molecule has 30 heavy (non-hydrogen) atoms. The average molecular weight is 411 g/mol. The Morgan fingerprint density at radius 3 is 2.33 bits per heavy atom. The summed E-state index contributed by atoms with van der Waals surface area (Å²) in [7, 11) is 0. The zero-order chi connectivity index (χ0) is 20.5. The molecule has 0 atom stereocenters. The summed E-state index contributed by atoms with van der Waals surface area (Å²) in [5, 5.41) is 2.83. The van der Waals surface area contributed by atoms with Crippen molar-refractivity contribution in [2.75, 3.05) is 0 Å². The van der Waals surface area contributed by atoms with Gasteiger partial charge in [-0.2, -0.15) is 0 Å². The Labute approximate surface area is 179 Å². The summed E-state index contributed by atoms with van der Waals surface area (Å²) in [5.41, 5.74) is 6.23. The summed E-state index contributed by atoms with van der Waals surface area (Å²) in [4.78, 5) is 0. The summed E-state index contributed by atoms with van der Waals surface area (Å²) in [6.07, 6.45) is 0. The summed E-state index contributed by atoms with van der Waals surface area (Å²) >= 11 is 6.13. The van der Waals surface area contributed by atoms with Crippen LogP contribution in [-0.4, -0.2) is 0 Å². The van der Waals surface area contributed by atoms with Crippen molar-refractivity contribution < 1.29 is 9.15 Å². The fraction of sp³-hybridized carbons (Fsp3) is 0.111. The van der Waals surface area contributed by atoms with Gasteiger partial charge >= 0.3 is 0 Å². The molecule has 0 aliphatic carbocycles. The number of hydrogen-bond donors (Lipinski definition) is 0. The minimum Gasteiger partial charge on any atom is -0.457 e. The first-order valence-corrected chi connectivity index (χ1v) is 10.4. The number of benzene rings is 4. The van der Waals surface area contributed by atoms with Crippen molar-refractivity contribution in [1.82, 2.24) is 0 Å². The molecule has 5 aromatic rings. The van der Waals surface area contributed by atoms with E-state index in [1.807, 2.05) is 36.4 Å². The topological polar surface area (TPSA) is 22.4 Å². The van der Waals surface area contributed by atoms with Gasteiger partial charge in [-0.25, -0.2) is 0 Å². The van der Waals surface area contributed by atoms with E-state index in [-0.39, 0.29) is 5.41 Å². The fourth-order valence-electron chi connectivity index (χ4n) is 4.57. The van der Waals surface area contributed by atoms with Crippen LogP contribution in [-0.2, 0) is 5.41 Å². The van der Waals surface area contributed by atoms with E-state index in [1.165, 1.54) is 11.1 Å². The lowest BCUT2D eigenvalue weighted by molar-refractivity contribution is 0.418. The summed E-state index contributed by atoms with van der Waals surface area (Å²) in [6.45, 7) is 4.50. The van der Waals surface area contributed by atoms with E-state index < -0.39 is 0 Å². The molecule has 0 amide bonds. The highest BCUT2D eigenvalue weighted by Gasteiger charge is 2.33. The lowest BCUT2D eigenvalue weighted by Gasteiger charge is -2.34. The molecule has 0 saturated heterocycles. The minimum absolute atomic E-state index is 0.104. The van der Waals surface area contributed by atoms with E-state index >= 15 is 0 Å². The molecular formula is C27H19ClO2. The van der Waals surface area contributed by atoms with Crippen LogP contribution in [0.15, 0.2) is 83.3 Å². The number of furan rings is 1. The highest BCUT2D eigenvalue weighted by atomic mass is 35.5. The molecule has 0 fully saturated rings. The van der Waals surface area contributed by atoms with Crippen molar-refractivity contribution in [3.63, 3.8) is 0 Å². The van der Waals surface area contributed by atoms with Crippen LogP contribution in [0.2, 0.25) is 5.02 Å². The SMILES string of the molecule is CC1(C)c2ccccc2Oc2cc(-c3ccc4oc5cc(Cl)ccc5c4c3)ccc21. The maximum Gasteiger partial charge on any atom is 0.136 e. The molecule has 146 valence electrons. The van der Waals surface area contributed by atoms with Crippen molar-refractivity contribution in [2.45, 2.75) is 19.3 Å². The average Bonchev–Trinajstić information content (AvgIpc) is 3.10. The van der Waals surface area contributed by atoms with Gasteiger partial charge < -0.3 is 9.15 Å². The van der Waals surface area contributed by atoms with Gasteiger partial charge in [-0.05, 0) is 47.5 Å². The molecule has 3 heteroatoms. The molecule has 1 aliphatic heterocycles. The molecule has 0 N–H and O–H groups in total. The van der Waals surface area contributed by atoms with E-state index in [1.54, 1.807) is 0 Å². The molecule has 0 bridgehead atoms. The molecule has 2 nitrogen and oxygen atoms in total. The first-order chi connectivity index (χ1) is 14.5. The first-order valence-electron chi connectivity index (χ1n) is 10.0. The van der Waals surface area contributed by atoms with Crippen LogP contribution in [0.5, 0.6) is 11.5 Å². The lowest BCUT2D eigenvalue weighted by atomic mass is 9.75. The maximum atomic E-state index is 6.30. The molecule has 4 aromatic carbocycles. The molecule has 0 saturated carbocycles. The number of halogens is 1. The third-order valence-electron chi connectivity index (χ3n) is 6.20. The van der Waals surface area contributed by atoms with Crippen LogP contribution >= 0.6 is 11.6 Å². The number of rotatable bonds is 1. The van der Waals surface area contributed by atoms with Gasteiger partial charge in [0.1, 0.15) is 22.7 Å². The number of para-hydroxylation sites is 1. The normalized spacial score (nSPS) is 14.4. The quantitative estimate of drug-likeness (QED) is 0.277. The van der Waals surface area contributed by atoms with Gasteiger partial charge in [0.2, 0.25) is 0 Å². The smallest absolute Gasteiger partial charge is 0.136 e. The molecule has 6 rings (SSSR count). The second-order valence-electron chi connectivity index (χ2n) is 8.39. The van der Waals surface area contributed by atoms with Crippen molar-refractivity contribution in [3.8, 4) is 22.6 Å². The van der Waals surface area contributed by atoms with Gasteiger partial charge in [-0.15, -0.1) is 0 Å². The third-order valence-corrected chi connectivity index (χ3v) is 6.44. The van der Waals surface area contributed by atoms with E-state index in [0.29, 0.717) is 5.02 Å². The predicted molar refractivity (Wildman–Crippen MR) is 123 cm³/mol. The number of ether oxygens (including phenoxy) is 1. The maximum absolute atomic E-state index is 6.30. The standard InChI is InChI=1S/C27H19ClO2/c1-27(2)21-5-3-4-6-24(21)30-26-14-17(7-11-22(26)27)16-8-12-23-20(13-16)19-10-9-18(28)15-25(19)29-23/h3-15H,1-2H3. The Bertz CT molecular complexity index is 1460. The third kappa shape index (κ3) is 2.50. The lowest BCUT2D eigenvalue weighted by Crippen LogP contribution is -2.24. The van der Waals surface area contributed by atoms with E-state index in [4.69, 9.17) is 20.8 Å². The van der Waals surface area contributed by atoms with Crippen molar-refractivity contribution in [2.24, 2.45) is 0 Å². The predicted octanol–water partition coefficient (Wildman–Crippen LogP) is 8.34. The van der Waals surface area contributed by atoms with Crippen molar-refractivity contribution in [3.05, 3.63) is 95.0 Å². The Balaban J connectivity index is 1.50. The largest absolute Gasteiger partial charge is 0.457 e. The molecular weight excluding hydrogens is 392 g/mol. The van der Waals surface area contributed by atoms with Crippen molar-refractivity contribution >= 4 is 33.5 Å². The van der Waals surface area contributed by atoms with E-state index in [0.717, 1.165) is 44.6 Å². The molecule has 1 aromatic heterocycles. The first kappa shape index (κ1) is 17.6. The Morgan fingerprint density at radius 2 is 1.43 bits per heavy atom. The molecule has 0 unspecified atom stereocenters. The van der Waals surface area contributed by atoms with Crippen LogP contribution in [0.25, 0.3) is 33.1 Å². The molecule has 1 aliphatic rings. The zero-order valence-corrected chi connectivity index (χ0v) is 17.5. The monoisotopic (exact) mass is 410 g/mol. The number of fused-ring (bicyclic) bond motifs is 5. The van der Waals surface area contributed by atoms with Crippen LogP contribution in [0, 0.1) is 0 Å². The Hall–Kier alpha value is -3.23. The van der Waals surface area contributed by atoms with E-state index in [9.17, 15) is 0 Å². The van der Waals surface area contributed by atoms with Gasteiger partial charge in [0, 0.05) is 38.4 Å². The van der Waals surface area contributed by atoms with Crippen LogP contribution in [0.1, 0.15) is 25.0 Å². The number of hydrogen-bond acceptors (Lipinski definition) is 2. The molecule has 0 spiro atoms. The summed E-state index contributed by atoms with van der Waals surface area (Å²) < 4.78 is 12.3. The highest BCUT2D eigenvalue weighted by Crippen LogP contribution is 2.48. The molecule has 0 radical (unpaired) electrons. The Kier molecular flexibility index (Phi) is 3.60. The van der Waals surface area contributed by atoms with Gasteiger partial charge in [0.25, 0.3) is 0 Å². The second kappa shape index (κ2) is 6.13. The van der Waals surface area contributed by atoms with Gasteiger partial charge in [0.05, 0.1) is 0 Å².